The van der Waals surface area contributed by atoms with Gasteiger partial charge in [0.1, 0.15) is 11.3 Å². The number of benzene rings is 1. The molecule has 0 radical (unpaired) electrons. The Morgan fingerprint density at radius 1 is 1.36 bits per heavy atom. The average molecular weight is 370 g/mol. The molecular weight excluding hydrogens is 345 g/mol. The minimum atomic E-state index is -0.492. The van der Waals surface area contributed by atoms with Crippen LogP contribution in [0.3, 0.4) is 0 Å². The zero-order chi connectivity index (χ0) is 17.8. The second-order valence-corrected chi connectivity index (χ2v) is 7.03. The van der Waals surface area contributed by atoms with Crippen LogP contribution in [0, 0.1) is 5.82 Å². The SMILES string of the molecule is CCCN(CCCn1c(=O)[nH]c2c(F)cc(Cl)cc21)C1CCOCC1. The molecule has 0 atom stereocenters. The minimum Gasteiger partial charge on any atom is -0.381 e. The molecule has 0 amide bonds. The molecule has 3 rings (SSSR count). The van der Waals surface area contributed by atoms with Gasteiger partial charge < -0.3 is 14.6 Å². The van der Waals surface area contributed by atoms with Gasteiger partial charge >= 0.3 is 5.69 Å². The fraction of sp³-hybridized carbons (Fsp3) is 0.611. The third kappa shape index (κ3) is 4.25. The molecule has 0 unspecified atom stereocenters. The van der Waals surface area contributed by atoms with Gasteiger partial charge in [-0.05, 0) is 44.4 Å². The van der Waals surface area contributed by atoms with Crippen molar-refractivity contribution in [3.63, 3.8) is 0 Å². The van der Waals surface area contributed by atoms with Crippen LogP contribution in [0.4, 0.5) is 4.39 Å². The molecule has 0 bridgehead atoms. The van der Waals surface area contributed by atoms with Gasteiger partial charge in [0.05, 0.1) is 5.52 Å². The molecule has 2 heterocycles. The van der Waals surface area contributed by atoms with Crippen LogP contribution in [0.25, 0.3) is 11.0 Å². The molecule has 1 aromatic heterocycles. The maximum absolute atomic E-state index is 13.9. The normalized spacial score (nSPS) is 16.2. The molecule has 1 aliphatic rings. The predicted molar refractivity (Wildman–Crippen MR) is 97.8 cm³/mol. The van der Waals surface area contributed by atoms with Gasteiger partial charge in [0.25, 0.3) is 0 Å². The van der Waals surface area contributed by atoms with Crippen LogP contribution >= 0.6 is 11.6 Å². The second kappa shape index (κ2) is 8.34. The van der Waals surface area contributed by atoms with Gasteiger partial charge in [-0.25, -0.2) is 9.18 Å². The predicted octanol–water partition coefficient (Wildman–Crippen LogP) is 3.40. The average Bonchev–Trinajstić information content (AvgIpc) is 2.91. The van der Waals surface area contributed by atoms with Crippen molar-refractivity contribution in [1.82, 2.24) is 14.5 Å². The number of ether oxygens (including phenoxy) is 1. The zero-order valence-electron chi connectivity index (χ0n) is 14.6. The van der Waals surface area contributed by atoms with Crippen molar-refractivity contribution in [2.45, 2.75) is 45.2 Å². The number of halogens is 2. The maximum atomic E-state index is 13.9. The standard InChI is InChI=1S/C18H25ClFN3O2/c1-2-6-22(14-4-9-25-10-5-14)7-3-8-23-16-12-13(19)11-15(20)17(16)21-18(23)24/h11-12,14H,2-10H2,1H3,(H,21,24). The molecule has 1 aromatic carbocycles. The Labute approximate surface area is 151 Å². The highest BCUT2D eigenvalue weighted by Crippen LogP contribution is 2.21. The van der Waals surface area contributed by atoms with E-state index in [1.54, 1.807) is 10.6 Å². The summed E-state index contributed by atoms with van der Waals surface area (Å²) in [5.41, 5.74) is 0.469. The van der Waals surface area contributed by atoms with E-state index in [1.165, 1.54) is 6.07 Å². The summed E-state index contributed by atoms with van der Waals surface area (Å²) in [6.45, 7) is 6.34. The van der Waals surface area contributed by atoms with Gasteiger partial charge in [-0.2, -0.15) is 0 Å². The number of aromatic nitrogens is 2. The van der Waals surface area contributed by atoms with Gasteiger partial charge in [-0.3, -0.25) is 4.57 Å². The molecule has 1 fully saturated rings. The number of fused-ring (bicyclic) bond motifs is 1. The molecule has 1 aliphatic heterocycles. The highest BCUT2D eigenvalue weighted by molar-refractivity contribution is 6.31. The van der Waals surface area contributed by atoms with E-state index in [0.29, 0.717) is 23.1 Å². The Bertz CT molecular complexity index is 768. The first-order valence-corrected chi connectivity index (χ1v) is 9.37. The molecule has 0 saturated carbocycles. The van der Waals surface area contributed by atoms with Crippen molar-refractivity contribution < 1.29 is 9.13 Å². The first-order chi connectivity index (χ1) is 12.1. The van der Waals surface area contributed by atoms with Crippen molar-refractivity contribution in [2.75, 3.05) is 26.3 Å². The van der Waals surface area contributed by atoms with Crippen molar-refractivity contribution >= 4 is 22.6 Å². The Morgan fingerprint density at radius 2 is 2.12 bits per heavy atom. The Hall–Kier alpha value is -1.37. The van der Waals surface area contributed by atoms with Crippen LogP contribution in [-0.4, -0.2) is 46.8 Å². The lowest BCUT2D eigenvalue weighted by Crippen LogP contribution is -2.40. The molecule has 1 N–H and O–H groups in total. The fourth-order valence-electron chi connectivity index (χ4n) is 3.65. The maximum Gasteiger partial charge on any atom is 0.326 e. The highest BCUT2D eigenvalue weighted by atomic mass is 35.5. The number of hydrogen-bond donors (Lipinski definition) is 1. The Balaban J connectivity index is 1.69. The second-order valence-electron chi connectivity index (χ2n) is 6.60. The van der Waals surface area contributed by atoms with Crippen LogP contribution in [-0.2, 0) is 11.3 Å². The summed E-state index contributed by atoms with van der Waals surface area (Å²) < 4.78 is 21.0. The molecule has 5 nitrogen and oxygen atoms in total. The van der Waals surface area contributed by atoms with E-state index in [0.717, 1.165) is 52.0 Å². The molecule has 0 aliphatic carbocycles. The number of aromatic amines is 1. The van der Waals surface area contributed by atoms with E-state index in [4.69, 9.17) is 16.3 Å². The minimum absolute atomic E-state index is 0.226. The van der Waals surface area contributed by atoms with Crippen molar-refractivity contribution in [3.8, 4) is 0 Å². The largest absolute Gasteiger partial charge is 0.381 e. The number of aryl methyl sites for hydroxylation is 1. The monoisotopic (exact) mass is 369 g/mol. The summed E-state index contributed by atoms with van der Waals surface area (Å²) in [4.78, 5) is 17.3. The van der Waals surface area contributed by atoms with Crippen molar-refractivity contribution in [1.29, 1.82) is 0 Å². The third-order valence-electron chi connectivity index (χ3n) is 4.85. The summed E-state index contributed by atoms with van der Waals surface area (Å²) in [5.74, 6) is -0.492. The molecule has 138 valence electrons. The summed E-state index contributed by atoms with van der Waals surface area (Å²) in [6, 6.07) is 3.42. The molecule has 7 heteroatoms. The lowest BCUT2D eigenvalue weighted by atomic mass is 10.1. The van der Waals surface area contributed by atoms with Gasteiger partial charge in [-0.15, -0.1) is 0 Å². The molecule has 0 spiro atoms. The zero-order valence-corrected chi connectivity index (χ0v) is 15.3. The van der Waals surface area contributed by atoms with Crippen molar-refractivity contribution in [3.05, 3.63) is 33.5 Å². The van der Waals surface area contributed by atoms with Gasteiger partial charge in [0.15, 0.2) is 0 Å². The smallest absolute Gasteiger partial charge is 0.326 e. The van der Waals surface area contributed by atoms with E-state index in [-0.39, 0.29) is 11.2 Å². The van der Waals surface area contributed by atoms with Gasteiger partial charge in [0, 0.05) is 37.4 Å². The number of H-pyrrole nitrogens is 1. The summed E-state index contributed by atoms with van der Waals surface area (Å²) in [7, 11) is 0. The first-order valence-electron chi connectivity index (χ1n) is 8.99. The van der Waals surface area contributed by atoms with E-state index in [9.17, 15) is 9.18 Å². The lowest BCUT2D eigenvalue weighted by Gasteiger charge is -2.34. The van der Waals surface area contributed by atoms with E-state index >= 15 is 0 Å². The number of nitrogens with one attached hydrogen (secondary N) is 1. The van der Waals surface area contributed by atoms with E-state index < -0.39 is 5.82 Å². The Morgan fingerprint density at radius 3 is 2.84 bits per heavy atom. The third-order valence-corrected chi connectivity index (χ3v) is 5.07. The summed E-state index contributed by atoms with van der Waals surface area (Å²) >= 11 is 5.94. The number of hydrogen-bond acceptors (Lipinski definition) is 3. The van der Waals surface area contributed by atoms with Gasteiger partial charge in [-0.1, -0.05) is 18.5 Å². The number of imidazole rings is 1. The van der Waals surface area contributed by atoms with Crippen LogP contribution in [0.2, 0.25) is 5.02 Å². The summed E-state index contributed by atoms with van der Waals surface area (Å²) in [5, 5.41) is 0.299. The van der Waals surface area contributed by atoms with Crippen LogP contribution < -0.4 is 5.69 Å². The van der Waals surface area contributed by atoms with E-state index in [1.807, 2.05) is 0 Å². The van der Waals surface area contributed by atoms with Crippen molar-refractivity contribution in [2.24, 2.45) is 0 Å². The molecule has 2 aromatic rings. The van der Waals surface area contributed by atoms with Crippen LogP contribution in [0.15, 0.2) is 16.9 Å². The summed E-state index contributed by atoms with van der Waals surface area (Å²) in [6.07, 6.45) is 4.06. The quantitative estimate of drug-likeness (QED) is 0.813. The highest BCUT2D eigenvalue weighted by Gasteiger charge is 2.20. The lowest BCUT2D eigenvalue weighted by molar-refractivity contribution is 0.0332. The van der Waals surface area contributed by atoms with Gasteiger partial charge in [0.2, 0.25) is 0 Å². The molecule has 25 heavy (non-hydrogen) atoms. The molecule has 1 saturated heterocycles. The van der Waals surface area contributed by atoms with E-state index in [2.05, 4.69) is 16.8 Å². The number of nitrogens with zero attached hydrogens (tertiary/aromatic N) is 2. The topological polar surface area (TPSA) is 50.3 Å². The van der Waals surface area contributed by atoms with Crippen LogP contribution in [0.1, 0.15) is 32.6 Å². The first kappa shape index (κ1) is 18.4. The molecular formula is C18H25ClFN3O2. The number of rotatable bonds is 7. The fourth-order valence-corrected chi connectivity index (χ4v) is 3.85. The van der Waals surface area contributed by atoms with Crippen LogP contribution in [0.5, 0.6) is 0 Å². The Kier molecular flexibility index (Phi) is 6.15.